The Balaban J connectivity index is 1.75. The molecular formula is C23H26N4O. The third-order valence-corrected chi connectivity index (χ3v) is 4.84. The van der Waals surface area contributed by atoms with E-state index in [1.807, 2.05) is 42.7 Å². The van der Waals surface area contributed by atoms with Gasteiger partial charge in [-0.25, -0.2) is 0 Å². The zero-order valence-corrected chi connectivity index (χ0v) is 16.3. The van der Waals surface area contributed by atoms with Crippen molar-refractivity contribution in [2.24, 2.45) is 5.73 Å². The maximum absolute atomic E-state index is 12.1. The van der Waals surface area contributed by atoms with Crippen molar-refractivity contribution < 1.29 is 4.79 Å². The van der Waals surface area contributed by atoms with Gasteiger partial charge in [-0.1, -0.05) is 44.2 Å². The summed E-state index contributed by atoms with van der Waals surface area (Å²) in [6, 6.07) is 13.4. The van der Waals surface area contributed by atoms with Gasteiger partial charge in [0.25, 0.3) is 0 Å². The number of rotatable bonds is 8. The lowest BCUT2D eigenvalue weighted by Crippen LogP contribution is -2.33. The minimum atomic E-state index is -0.541. The third-order valence-electron chi connectivity index (χ3n) is 4.84. The first kappa shape index (κ1) is 19.7. The van der Waals surface area contributed by atoms with E-state index in [0.29, 0.717) is 12.5 Å². The maximum atomic E-state index is 12.1. The van der Waals surface area contributed by atoms with Crippen LogP contribution in [0.15, 0.2) is 67.3 Å². The van der Waals surface area contributed by atoms with Crippen LogP contribution in [-0.4, -0.2) is 15.9 Å². The fourth-order valence-electron chi connectivity index (χ4n) is 3.18. The standard InChI is InChI=1S/C23H26N4O/c1-16(2)18-5-7-19(8-6-18)22(23(24)28)27-15-20-9-11-26-14-21(20)12-17-4-3-10-25-13-17/h3-11,13-14,16,22,27H,12,15H2,1-2H3,(H2,24,28). The molecule has 5 heteroatoms. The molecule has 0 bridgehead atoms. The van der Waals surface area contributed by atoms with Crippen LogP contribution in [0.4, 0.5) is 0 Å². The third kappa shape index (κ3) is 5.02. The molecule has 0 aliphatic carbocycles. The van der Waals surface area contributed by atoms with Gasteiger partial charge >= 0.3 is 0 Å². The second-order valence-electron chi connectivity index (χ2n) is 7.22. The Morgan fingerprint density at radius 1 is 0.964 bits per heavy atom. The van der Waals surface area contributed by atoms with Crippen LogP contribution in [0.2, 0.25) is 0 Å². The molecule has 2 aromatic heterocycles. The van der Waals surface area contributed by atoms with Crippen LogP contribution in [0.25, 0.3) is 0 Å². The zero-order valence-electron chi connectivity index (χ0n) is 16.3. The average Bonchev–Trinajstić information content (AvgIpc) is 2.70. The highest BCUT2D eigenvalue weighted by atomic mass is 16.1. The number of nitrogens with one attached hydrogen (secondary N) is 1. The molecule has 0 saturated carbocycles. The molecule has 3 N–H and O–H groups in total. The van der Waals surface area contributed by atoms with E-state index in [2.05, 4.69) is 41.3 Å². The molecule has 3 aromatic rings. The van der Waals surface area contributed by atoms with Crippen molar-refractivity contribution in [3.63, 3.8) is 0 Å². The Bertz CT molecular complexity index is 907. The molecule has 5 nitrogen and oxygen atoms in total. The summed E-state index contributed by atoms with van der Waals surface area (Å²) in [5.41, 5.74) is 11.1. The predicted octanol–water partition coefficient (Wildman–Crippen LogP) is 3.51. The van der Waals surface area contributed by atoms with Gasteiger partial charge in [0.05, 0.1) is 0 Å². The summed E-state index contributed by atoms with van der Waals surface area (Å²) < 4.78 is 0. The minimum Gasteiger partial charge on any atom is -0.368 e. The lowest BCUT2D eigenvalue weighted by atomic mass is 9.98. The molecule has 1 unspecified atom stereocenters. The first-order valence-electron chi connectivity index (χ1n) is 9.48. The quantitative estimate of drug-likeness (QED) is 0.632. The number of carbonyl (C=O) groups excluding carboxylic acids is 1. The Kier molecular flexibility index (Phi) is 6.50. The van der Waals surface area contributed by atoms with Crippen LogP contribution < -0.4 is 11.1 Å². The molecule has 28 heavy (non-hydrogen) atoms. The second kappa shape index (κ2) is 9.24. The van der Waals surface area contributed by atoms with Crippen LogP contribution in [0.5, 0.6) is 0 Å². The van der Waals surface area contributed by atoms with Crippen LogP contribution in [0.3, 0.4) is 0 Å². The summed E-state index contributed by atoms with van der Waals surface area (Å²) in [4.78, 5) is 20.5. The molecular weight excluding hydrogens is 348 g/mol. The summed E-state index contributed by atoms with van der Waals surface area (Å²) in [5, 5.41) is 3.31. The lowest BCUT2D eigenvalue weighted by molar-refractivity contribution is -0.120. The molecule has 2 heterocycles. The van der Waals surface area contributed by atoms with Crippen LogP contribution >= 0.6 is 0 Å². The smallest absolute Gasteiger partial charge is 0.239 e. The van der Waals surface area contributed by atoms with Crippen molar-refractivity contribution in [1.29, 1.82) is 0 Å². The van der Waals surface area contributed by atoms with E-state index >= 15 is 0 Å². The SMILES string of the molecule is CC(C)c1ccc(C(NCc2ccncc2Cc2cccnc2)C(N)=O)cc1. The molecule has 3 rings (SSSR count). The van der Waals surface area contributed by atoms with Crippen molar-refractivity contribution in [3.05, 3.63) is 95.1 Å². The Labute approximate surface area is 166 Å². The Morgan fingerprint density at radius 3 is 2.32 bits per heavy atom. The Hall–Kier alpha value is -3.05. The number of amides is 1. The molecule has 0 saturated heterocycles. The first-order valence-corrected chi connectivity index (χ1v) is 9.48. The van der Waals surface area contributed by atoms with Gasteiger partial charge in [0.15, 0.2) is 0 Å². The predicted molar refractivity (Wildman–Crippen MR) is 111 cm³/mol. The number of hydrogen-bond donors (Lipinski definition) is 2. The van der Waals surface area contributed by atoms with Crippen LogP contribution in [0, 0.1) is 0 Å². The number of hydrogen-bond acceptors (Lipinski definition) is 4. The van der Waals surface area contributed by atoms with Crippen LogP contribution in [0.1, 0.15) is 53.6 Å². The first-order chi connectivity index (χ1) is 13.5. The van der Waals surface area contributed by atoms with E-state index in [1.165, 1.54) is 5.56 Å². The highest BCUT2D eigenvalue weighted by molar-refractivity contribution is 5.81. The topological polar surface area (TPSA) is 80.9 Å². The summed E-state index contributed by atoms with van der Waals surface area (Å²) >= 11 is 0. The summed E-state index contributed by atoms with van der Waals surface area (Å²) in [5.74, 6) is 0.0565. The van der Waals surface area contributed by atoms with Gasteiger partial charge in [-0.3, -0.25) is 20.1 Å². The number of pyridine rings is 2. The highest BCUT2D eigenvalue weighted by Crippen LogP contribution is 2.20. The maximum Gasteiger partial charge on any atom is 0.239 e. The number of nitrogens with zero attached hydrogens (tertiary/aromatic N) is 2. The largest absolute Gasteiger partial charge is 0.368 e. The van der Waals surface area contributed by atoms with E-state index in [0.717, 1.165) is 28.7 Å². The number of aromatic nitrogens is 2. The van der Waals surface area contributed by atoms with E-state index in [4.69, 9.17) is 5.73 Å². The lowest BCUT2D eigenvalue weighted by Gasteiger charge is -2.18. The summed E-state index contributed by atoms with van der Waals surface area (Å²) in [6.45, 7) is 4.82. The van der Waals surface area contributed by atoms with Crippen molar-refractivity contribution >= 4 is 5.91 Å². The normalized spacial score (nSPS) is 12.1. The van der Waals surface area contributed by atoms with E-state index in [9.17, 15) is 4.79 Å². The van der Waals surface area contributed by atoms with Crippen molar-refractivity contribution in [2.75, 3.05) is 0 Å². The fraction of sp³-hybridized carbons (Fsp3) is 0.261. The van der Waals surface area contributed by atoms with E-state index in [-0.39, 0.29) is 5.91 Å². The van der Waals surface area contributed by atoms with Gasteiger partial charge in [-0.2, -0.15) is 0 Å². The van der Waals surface area contributed by atoms with Gasteiger partial charge < -0.3 is 5.73 Å². The number of carbonyl (C=O) groups is 1. The van der Waals surface area contributed by atoms with Gasteiger partial charge in [0.2, 0.25) is 5.91 Å². The van der Waals surface area contributed by atoms with E-state index in [1.54, 1.807) is 12.4 Å². The summed E-state index contributed by atoms with van der Waals surface area (Å²) in [7, 11) is 0. The molecule has 1 amide bonds. The monoisotopic (exact) mass is 374 g/mol. The number of primary amides is 1. The van der Waals surface area contributed by atoms with Crippen molar-refractivity contribution in [1.82, 2.24) is 15.3 Å². The minimum absolute atomic E-state index is 0.389. The van der Waals surface area contributed by atoms with Crippen molar-refractivity contribution in [3.8, 4) is 0 Å². The molecule has 0 aliphatic rings. The molecule has 0 aliphatic heterocycles. The molecule has 1 atom stereocenters. The number of benzene rings is 1. The molecule has 0 spiro atoms. The van der Waals surface area contributed by atoms with Gasteiger partial charge in [0.1, 0.15) is 6.04 Å². The second-order valence-corrected chi connectivity index (χ2v) is 7.22. The highest BCUT2D eigenvalue weighted by Gasteiger charge is 2.18. The van der Waals surface area contributed by atoms with Gasteiger partial charge in [-0.15, -0.1) is 0 Å². The summed E-state index contributed by atoms with van der Waals surface area (Å²) in [6.07, 6.45) is 7.98. The van der Waals surface area contributed by atoms with E-state index < -0.39 is 6.04 Å². The van der Waals surface area contributed by atoms with Crippen LogP contribution in [-0.2, 0) is 17.8 Å². The van der Waals surface area contributed by atoms with Gasteiger partial charge in [-0.05, 0) is 45.9 Å². The molecule has 0 fully saturated rings. The molecule has 0 radical (unpaired) electrons. The average molecular weight is 374 g/mol. The Morgan fingerprint density at radius 2 is 1.68 bits per heavy atom. The van der Waals surface area contributed by atoms with Crippen molar-refractivity contribution in [2.45, 2.75) is 38.8 Å². The number of nitrogens with two attached hydrogens (primary N) is 1. The van der Waals surface area contributed by atoms with Gasteiger partial charge in [0, 0.05) is 37.8 Å². The molecule has 144 valence electrons. The fourth-order valence-corrected chi connectivity index (χ4v) is 3.18. The molecule has 1 aromatic carbocycles. The zero-order chi connectivity index (χ0) is 19.9.